The second-order valence-electron chi connectivity index (χ2n) is 12.1. The van der Waals surface area contributed by atoms with Gasteiger partial charge >= 0.3 is 11.9 Å². The Hall–Kier alpha value is -3.64. The predicted octanol–water partition coefficient (Wildman–Crippen LogP) is 13.5. The summed E-state index contributed by atoms with van der Waals surface area (Å²) < 4.78 is 4.87. The Kier molecular flexibility index (Phi) is 45.0. The molecule has 53 heavy (non-hydrogen) atoms. The monoisotopic (exact) mass is 749 g/mol. The highest BCUT2D eigenvalue weighted by Gasteiger charge is 2.04. The number of aliphatic carboxylic acids is 1. The molecule has 0 aromatic heterocycles. The lowest BCUT2D eigenvalue weighted by Crippen LogP contribution is -2.07. The number of thioether (sulfide) groups is 1. The molecule has 0 rings (SSSR count). The van der Waals surface area contributed by atoms with Gasteiger partial charge in [0.1, 0.15) is 5.78 Å². The van der Waals surface area contributed by atoms with Crippen molar-refractivity contribution in [1.82, 2.24) is 0 Å². The molecule has 0 spiro atoms. The molecule has 0 aliphatic heterocycles. The Morgan fingerprint density at radius 3 is 1.17 bits per heavy atom. The van der Waals surface area contributed by atoms with Crippen molar-refractivity contribution in [3.8, 4) is 0 Å². The van der Waals surface area contributed by atoms with Crippen molar-refractivity contribution in [1.29, 1.82) is 0 Å². The first-order valence-corrected chi connectivity index (χ1v) is 21.1. The number of unbranched alkanes of at least 4 members (excludes halogenated alkanes) is 2. The van der Waals surface area contributed by atoms with Crippen LogP contribution in [0.2, 0.25) is 0 Å². The molecule has 0 aromatic rings. The number of esters is 1. The highest BCUT2D eigenvalue weighted by Crippen LogP contribution is 2.09. The van der Waals surface area contributed by atoms with Crippen LogP contribution < -0.4 is 0 Å². The largest absolute Gasteiger partial charge is 0.481 e. The van der Waals surface area contributed by atoms with Gasteiger partial charge in [0.15, 0.2) is 0 Å². The summed E-state index contributed by atoms with van der Waals surface area (Å²) >= 11 is 1.54. The molecule has 1 N–H and O–H groups in total. The summed E-state index contributed by atoms with van der Waals surface area (Å²) in [6.07, 6.45) is 59.4. The van der Waals surface area contributed by atoms with E-state index in [1.54, 1.807) is 18.7 Å². The van der Waals surface area contributed by atoms with Gasteiger partial charge in [-0.05, 0) is 109 Å². The van der Waals surface area contributed by atoms with Crippen molar-refractivity contribution in [3.63, 3.8) is 0 Å². The van der Waals surface area contributed by atoms with Crippen molar-refractivity contribution in [2.45, 2.75) is 136 Å². The molecule has 0 heterocycles. The van der Waals surface area contributed by atoms with Crippen molar-refractivity contribution in [2.75, 3.05) is 18.1 Å². The molecule has 0 saturated carbocycles. The van der Waals surface area contributed by atoms with Gasteiger partial charge in [0.2, 0.25) is 0 Å². The van der Waals surface area contributed by atoms with Crippen molar-refractivity contribution >= 4 is 29.5 Å². The molecular weight excluding hydrogens is 677 g/mol. The van der Waals surface area contributed by atoms with Gasteiger partial charge in [-0.2, -0.15) is 11.8 Å². The van der Waals surface area contributed by atoms with E-state index in [2.05, 4.69) is 135 Å². The molecule has 0 fully saturated rings. The summed E-state index contributed by atoms with van der Waals surface area (Å²) in [5.41, 5.74) is 0. The predicted molar refractivity (Wildman–Crippen MR) is 232 cm³/mol. The van der Waals surface area contributed by atoms with E-state index in [0.29, 0.717) is 31.0 Å². The second-order valence-corrected chi connectivity index (χ2v) is 13.2. The number of ketones is 1. The number of rotatable bonds is 33. The summed E-state index contributed by atoms with van der Waals surface area (Å²) in [6, 6.07) is 0. The van der Waals surface area contributed by atoms with Crippen LogP contribution in [-0.2, 0) is 19.1 Å². The van der Waals surface area contributed by atoms with Gasteiger partial charge in [-0.1, -0.05) is 135 Å². The summed E-state index contributed by atoms with van der Waals surface area (Å²) in [7, 11) is 0. The molecule has 0 bridgehead atoms. The Labute approximate surface area is 328 Å². The van der Waals surface area contributed by atoms with Gasteiger partial charge in [-0.25, -0.2) is 0 Å². The molecule has 5 nitrogen and oxygen atoms in total. The lowest BCUT2D eigenvalue weighted by molar-refractivity contribution is -0.140. The molecule has 0 saturated heterocycles. The van der Waals surface area contributed by atoms with Crippen LogP contribution in [0.15, 0.2) is 122 Å². The maximum atomic E-state index is 11.9. The molecule has 0 aromatic carbocycles. The van der Waals surface area contributed by atoms with Crippen LogP contribution in [0, 0.1) is 0 Å². The fraction of sp³-hybridized carbons (Fsp3) is 0.511. The van der Waals surface area contributed by atoms with E-state index in [4.69, 9.17) is 9.84 Å². The minimum atomic E-state index is -0.715. The van der Waals surface area contributed by atoms with Crippen LogP contribution >= 0.6 is 11.8 Å². The van der Waals surface area contributed by atoms with E-state index in [1.807, 2.05) is 0 Å². The zero-order valence-electron chi connectivity index (χ0n) is 33.4. The molecule has 296 valence electrons. The minimum absolute atomic E-state index is 0.170. The number of allylic oxidation sites excluding steroid dienone is 20. The first-order chi connectivity index (χ1) is 26.0. The SMILES string of the molecule is CC/C=C\C/C=C\C/C=C\C/C=C\C/C=C\CCCC(=O)CCCSCC(=O)OCC.CC/C=C\C/C=C\C/C=C\C/C=C\C/C=C\CCCC(=O)O. The summed E-state index contributed by atoms with van der Waals surface area (Å²) in [6.45, 7) is 6.53. The fourth-order valence-electron chi connectivity index (χ4n) is 4.38. The van der Waals surface area contributed by atoms with Gasteiger partial charge in [-0.3, -0.25) is 14.4 Å². The lowest BCUT2D eigenvalue weighted by Gasteiger charge is -2.02. The van der Waals surface area contributed by atoms with Crippen LogP contribution in [-0.4, -0.2) is 40.9 Å². The molecular formula is C47H72O5S. The third-order valence-corrected chi connectivity index (χ3v) is 8.19. The van der Waals surface area contributed by atoms with Crippen LogP contribution in [0.3, 0.4) is 0 Å². The number of carboxylic acid groups (broad SMARTS) is 1. The highest BCUT2D eigenvalue weighted by atomic mass is 32.2. The number of ether oxygens (including phenoxy) is 1. The Bertz CT molecular complexity index is 1160. The quantitative estimate of drug-likeness (QED) is 0.0409. The summed E-state index contributed by atoms with van der Waals surface area (Å²) in [4.78, 5) is 33.4. The van der Waals surface area contributed by atoms with Crippen LogP contribution in [0.1, 0.15) is 136 Å². The molecule has 6 heteroatoms. The fourth-order valence-corrected chi connectivity index (χ4v) is 5.12. The van der Waals surface area contributed by atoms with Crippen molar-refractivity contribution in [3.05, 3.63) is 122 Å². The number of Topliss-reactive ketones (excluding diaryl/α,β-unsaturated/α-hetero) is 1. The van der Waals surface area contributed by atoms with E-state index < -0.39 is 5.97 Å². The topological polar surface area (TPSA) is 80.7 Å². The van der Waals surface area contributed by atoms with Crippen LogP contribution in [0.4, 0.5) is 0 Å². The van der Waals surface area contributed by atoms with Gasteiger partial charge in [0, 0.05) is 19.3 Å². The molecule has 0 unspecified atom stereocenters. The zero-order valence-corrected chi connectivity index (χ0v) is 34.2. The van der Waals surface area contributed by atoms with Crippen LogP contribution in [0.25, 0.3) is 0 Å². The first-order valence-electron chi connectivity index (χ1n) is 19.9. The van der Waals surface area contributed by atoms with Gasteiger partial charge in [0.25, 0.3) is 0 Å². The summed E-state index contributed by atoms with van der Waals surface area (Å²) in [5.74, 6) is 0.651. The average Bonchev–Trinajstić information content (AvgIpc) is 3.14. The molecule has 0 aliphatic carbocycles. The van der Waals surface area contributed by atoms with Crippen molar-refractivity contribution < 1.29 is 24.2 Å². The third-order valence-electron chi connectivity index (χ3n) is 7.17. The van der Waals surface area contributed by atoms with E-state index in [0.717, 1.165) is 102 Å². The van der Waals surface area contributed by atoms with Gasteiger partial charge in [-0.15, -0.1) is 0 Å². The number of carbonyl (C=O) groups excluding carboxylic acids is 2. The molecule has 0 amide bonds. The number of carboxylic acids is 1. The smallest absolute Gasteiger partial charge is 0.315 e. The zero-order chi connectivity index (χ0) is 39.1. The number of hydrogen-bond acceptors (Lipinski definition) is 5. The van der Waals surface area contributed by atoms with Crippen LogP contribution in [0.5, 0.6) is 0 Å². The Morgan fingerprint density at radius 1 is 0.472 bits per heavy atom. The molecule has 0 atom stereocenters. The van der Waals surface area contributed by atoms with Gasteiger partial charge in [0.05, 0.1) is 12.4 Å². The maximum absolute atomic E-state index is 11.9. The Balaban J connectivity index is 0. The number of hydrogen-bond donors (Lipinski definition) is 1. The second kappa shape index (κ2) is 46.4. The van der Waals surface area contributed by atoms with Crippen molar-refractivity contribution in [2.24, 2.45) is 0 Å². The first kappa shape index (κ1) is 51.5. The Morgan fingerprint density at radius 2 is 0.811 bits per heavy atom. The van der Waals surface area contributed by atoms with E-state index >= 15 is 0 Å². The average molecular weight is 749 g/mol. The standard InChI is InChI=1S/C27H42O3S.C20H30O2/c1-3-5-6-7-8-9-10-11-12-13-14-15-16-17-18-19-20-22-26(28)23-21-24-31-25-27(29)30-4-2;1-2-3-4-5-6-7-8-9-10-11-12-13-14-15-16-17-18-19-20(21)22/h5-6,8-9,11-12,14-15,17-18H,3-4,7,10,13,16,19-25H2,1-2H3;3-4,6-7,9-10,12-13,15-16H,2,5,8,11,14,17-19H2,1H3,(H,21,22)/b6-5-,9-8-,12-11-,15-14-,18-17-;4-3-,7-6-,10-9-,13-12-,16-15-. The molecule has 0 aliphatic rings. The van der Waals surface area contributed by atoms with E-state index in [-0.39, 0.29) is 12.4 Å². The van der Waals surface area contributed by atoms with Gasteiger partial charge < -0.3 is 9.84 Å². The minimum Gasteiger partial charge on any atom is -0.481 e. The maximum Gasteiger partial charge on any atom is 0.315 e. The summed E-state index contributed by atoms with van der Waals surface area (Å²) in [5, 5.41) is 8.49. The third kappa shape index (κ3) is 50.5. The molecule has 0 radical (unpaired) electrons. The highest BCUT2D eigenvalue weighted by molar-refractivity contribution is 7.99. The van der Waals surface area contributed by atoms with E-state index in [1.165, 1.54) is 0 Å². The lowest BCUT2D eigenvalue weighted by atomic mass is 10.1. The van der Waals surface area contributed by atoms with E-state index in [9.17, 15) is 14.4 Å². The normalized spacial score (nSPS) is 12.5. The number of carbonyl (C=O) groups is 3.